The molecule has 5 aliphatic rings. The summed E-state index contributed by atoms with van der Waals surface area (Å²) in [5, 5.41) is 12.0. The maximum Gasteiger partial charge on any atom is 0.313 e. The lowest BCUT2D eigenvalue weighted by atomic mass is 9.74. The number of aliphatic hydroxyl groups is 1. The quantitative estimate of drug-likeness (QED) is 0.216. The second-order valence-electron chi connectivity index (χ2n) is 12.2. The molecule has 1 spiro atoms. The molecule has 43 heavy (non-hydrogen) atoms. The lowest BCUT2D eigenvalue weighted by molar-refractivity contribution is -0.158. The van der Waals surface area contributed by atoms with Crippen LogP contribution in [0.15, 0.2) is 24.3 Å². The number of cyclic esters (lactones) is 1. The highest BCUT2D eigenvalue weighted by molar-refractivity contribution is 5.99. The summed E-state index contributed by atoms with van der Waals surface area (Å²) in [6, 6.07) is -0.906. The van der Waals surface area contributed by atoms with Gasteiger partial charge in [0, 0.05) is 52.3 Å². The molecule has 5 heterocycles. The second kappa shape index (κ2) is 14.3. The minimum Gasteiger partial charge on any atom is -0.460 e. The fraction of sp³-hybridized carbons (Fsp3) is 0.742. The molecule has 0 aromatic carbocycles. The third-order valence-corrected chi connectivity index (χ3v) is 9.22. The minimum atomic E-state index is -1.25. The van der Waals surface area contributed by atoms with E-state index in [0.717, 1.165) is 25.9 Å². The third kappa shape index (κ3) is 6.82. The third-order valence-electron chi connectivity index (χ3n) is 9.22. The number of morpholine rings is 1. The van der Waals surface area contributed by atoms with Crippen molar-refractivity contribution in [1.82, 2.24) is 20.0 Å². The molecule has 238 valence electrons. The number of amides is 3. The van der Waals surface area contributed by atoms with E-state index >= 15 is 0 Å². The van der Waals surface area contributed by atoms with Crippen molar-refractivity contribution in [3.8, 4) is 0 Å². The first-order chi connectivity index (χ1) is 20.9. The van der Waals surface area contributed by atoms with Gasteiger partial charge in [0.1, 0.15) is 23.7 Å². The molecular formula is C31H46N4O8. The number of carbonyl (C=O) groups excluding carboxylic acids is 4. The van der Waals surface area contributed by atoms with Gasteiger partial charge in [-0.15, -0.1) is 0 Å². The number of ether oxygens (including phenoxy) is 3. The number of esters is 1. The number of fused-ring (bicyclic) bond motifs is 2. The first kappa shape index (κ1) is 31.6. The summed E-state index contributed by atoms with van der Waals surface area (Å²) < 4.78 is 17.7. The van der Waals surface area contributed by atoms with Crippen LogP contribution < -0.4 is 5.32 Å². The van der Waals surface area contributed by atoms with Crippen LogP contribution in [0.5, 0.6) is 0 Å². The molecule has 3 fully saturated rings. The van der Waals surface area contributed by atoms with E-state index in [1.54, 1.807) is 22.8 Å². The van der Waals surface area contributed by atoms with Gasteiger partial charge in [0.15, 0.2) is 0 Å². The molecule has 0 unspecified atom stereocenters. The molecule has 3 amide bonds. The predicted octanol–water partition coefficient (Wildman–Crippen LogP) is 0.248. The molecule has 0 saturated carbocycles. The molecule has 6 atom stereocenters. The lowest BCUT2D eigenvalue weighted by Gasteiger charge is -2.37. The Morgan fingerprint density at radius 3 is 2.58 bits per heavy atom. The largest absolute Gasteiger partial charge is 0.460 e. The topological polar surface area (TPSA) is 138 Å². The van der Waals surface area contributed by atoms with Crippen molar-refractivity contribution in [2.24, 2.45) is 11.8 Å². The average Bonchev–Trinajstić information content (AvgIpc) is 3.64. The van der Waals surface area contributed by atoms with E-state index in [4.69, 9.17) is 14.2 Å². The molecular weight excluding hydrogens is 556 g/mol. The van der Waals surface area contributed by atoms with Crippen molar-refractivity contribution >= 4 is 23.7 Å². The van der Waals surface area contributed by atoms with Gasteiger partial charge in [-0.3, -0.25) is 24.1 Å². The highest BCUT2D eigenvalue weighted by Crippen LogP contribution is 2.55. The minimum absolute atomic E-state index is 0.118. The normalized spacial score (nSPS) is 34.4. The summed E-state index contributed by atoms with van der Waals surface area (Å²) in [5.41, 5.74) is -1.25. The molecule has 5 bridgehead atoms. The van der Waals surface area contributed by atoms with E-state index in [2.05, 4.69) is 10.2 Å². The van der Waals surface area contributed by atoms with Gasteiger partial charge in [0.2, 0.25) is 17.7 Å². The molecule has 0 aromatic rings. The Bertz CT molecular complexity index is 1090. The maximum absolute atomic E-state index is 14.6. The Balaban J connectivity index is 1.45. The van der Waals surface area contributed by atoms with E-state index < -0.39 is 41.7 Å². The number of nitrogens with one attached hydrogen (secondary N) is 1. The lowest BCUT2D eigenvalue weighted by Crippen LogP contribution is -2.57. The fourth-order valence-electron chi connectivity index (χ4n) is 6.95. The smallest absolute Gasteiger partial charge is 0.313 e. The van der Waals surface area contributed by atoms with Crippen molar-refractivity contribution in [2.75, 3.05) is 65.6 Å². The van der Waals surface area contributed by atoms with Crippen molar-refractivity contribution in [3.63, 3.8) is 0 Å². The molecule has 12 nitrogen and oxygen atoms in total. The van der Waals surface area contributed by atoms with Crippen molar-refractivity contribution in [1.29, 1.82) is 0 Å². The van der Waals surface area contributed by atoms with Crippen LogP contribution >= 0.6 is 0 Å². The fourth-order valence-corrected chi connectivity index (χ4v) is 6.95. The van der Waals surface area contributed by atoms with E-state index in [1.165, 1.54) is 0 Å². The van der Waals surface area contributed by atoms with Gasteiger partial charge < -0.3 is 34.4 Å². The van der Waals surface area contributed by atoms with Crippen LogP contribution in [0.1, 0.15) is 45.4 Å². The standard InChI is InChI=1S/C31H46N4O8/c1-22-21-32-24(37)9-5-4-6-12-34(15-14-33-16-19-41-20-17-33)29(39)27-31-11-10-23(43-31)25(30(40)42-22)26(31)28(38)35(27)13-7-2-3-8-18-36/h4,6,10-11,22-23,25-27,36H,2-3,5,7-9,12-21H2,1H3,(H,32,37)/b6-4-/t22-,23+,25-,26-,27+,31-/m0/s1. The molecule has 12 heteroatoms. The summed E-state index contributed by atoms with van der Waals surface area (Å²) in [5.74, 6) is -2.91. The van der Waals surface area contributed by atoms with Crippen molar-refractivity contribution < 1.29 is 38.5 Å². The van der Waals surface area contributed by atoms with E-state index in [-0.39, 0.29) is 37.3 Å². The van der Waals surface area contributed by atoms with Gasteiger partial charge in [-0.2, -0.15) is 0 Å². The number of unbranched alkanes of at least 4 members (excludes halogenated alkanes) is 3. The zero-order chi connectivity index (χ0) is 30.4. The maximum atomic E-state index is 14.6. The van der Waals surface area contributed by atoms with E-state index in [1.807, 2.05) is 18.2 Å². The Labute approximate surface area is 253 Å². The average molecular weight is 603 g/mol. The van der Waals surface area contributed by atoms with Gasteiger partial charge in [0.25, 0.3) is 0 Å². The van der Waals surface area contributed by atoms with Crippen LogP contribution in [0.3, 0.4) is 0 Å². The first-order valence-corrected chi connectivity index (χ1v) is 15.9. The van der Waals surface area contributed by atoms with E-state index in [0.29, 0.717) is 58.7 Å². The summed E-state index contributed by atoms with van der Waals surface area (Å²) in [6.07, 6.45) is 9.96. The van der Waals surface area contributed by atoms with Crippen molar-refractivity contribution in [3.05, 3.63) is 24.3 Å². The Morgan fingerprint density at radius 1 is 1.00 bits per heavy atom. The number of likely N-dealkylation sites (tertiary alicyclic amines) is 1. The molecule has 3 saturated heterocycles. The molecule has 5 rings (SSSR count). The van der Waals surface area contributed by atoms with Crippen LogP contribution in [0.25, 0.3) is 0 Å². The van der Waals surface area contributed by atoms with Gasteiger partial charge in [-0.25, -0.2) is 0 Å². The van der Waals surface area contributed by atoms with E-state index in [9.17, 15) is 24.3 Å². The summed E-state index contributed by atoms with van der Waals surface area (Å²) in [6.45, 7) is 6.68. The van der Waals surface area contributed by atoms with Crippen LogP contribution in [-0.4, -0.2) is 133 Å². The zero-order valence-electron chi connectivity index (χ0n) is 25.2. The molecule has 5 aliphatic heterocycles. The van der Waals surface area contributed by atoms with Crippen LogP contribution in [-0.2, 0) is 33.4 Å². The summed E-state index contributed by atoms with van der Waals surface area (Å²) >= 11 is 0. The number of aliphatic hydroxyl groups excluding tert-OH is 1. The van der Waals surface area contributed by atoms with Gasteiger partial charge in [-0.1, -0.05) is 37.1 Å². The van der Waals surface area contributed by atoms with Crippen LogP contribution in [0.2, 0.25) is 0 Å². The number of hydrogen-bond acceptors (Lipinski definition) is 9. The monoisotopic (exact) mass is 602 g/mol. The second-order valence-corrected chi connectivity index (χ2v) is 12.2. The first-order valence-electron chi connectivity index (χ1n) is 15.9. The molecule has 2 N–H and O–H groups in total. The van der Waals surface area contributed by atoms with Crippen LogP contribution in [0, 0.1) is 11.8 Å². The van der Waals surface area contributed by atoms with Gasteiger partial charge in [0.05, 0.1) is 31.8 Å². The number of carbonyl (C=O) groups is 4. The molecule has 0 aliphatic carbocycles. The highest BCUT2D eigenvalue weighted by Gasteiger charge is 2.73. The molecule has 0 radical (unpaired) electrons. The Hall–Kier alpha value is -2.80. The number of rotatable bonds is 9. The number of nitrogens with zero attached hydrogens (tertiary/aromatic N) is 3. The summed E-state index contributed by atoms with van der Waals surface area (Å²) in [7, 11) is 0. The zero-order valence-corrected chi connectivity index (χ0v) is 25.2. The molecule has 0 aromatic heterocycles. The van der Waals surface area contributed by atoms with Crippen LogP contribution in [0.4, 0.5) is 0 Å². The number of hydrogen-bond donors (Lipinski definition) is 2. The Kier molecular flexibility index (Phi) is 10.5. The highest BCUT2D eigenvalue weighted by atomic mass is 16.6. The van der Waals surface area contributed by atoms with Gasteiger partial charge in [-0.05, 0) is 26.2 Å². The number of allylic oxidation sites excluding steroid dienone is 1. The SMILES string of the molecule is C[C@H]1CNC(=O)CC/C=C\CN(CCN2CCOCC2)C(=O)[C@H]2N(CCCCCCO)C(=O)[C@@H]3[C@@H](C(=O)O1)[C@H]1C=C[C@]32O1. The summed E-state index contributed by atoms with van der Waals surface area (Å²) in [4.78, 5) is 60.3. The van der Waals surface area contributed by atoms with Gasteiger partial charge >= 0.3 is 5.97 Å². The Morgan fingerprint density at radius 2 is 1.79 bits per heavy atom. The van der Waals surface area contributed by atoms with Crippen molar-refractivity contribution in [2.45, 2.75) is 69.3 Å². The predicted molar refractivity (Wildman–Crippen MR) is 156 cm³/mol.